The molecule has 88 valence electrons. The van der Waals surface area contributed by atoms with E-state index in [2.05, 4.69) is 53.6 Å². The number of aromatic nitrogens is 1. The summed E-state index contributed by atoms with van der Waals surface area (Å²) in [5, 5.41) is 3.48. The van der Waals surface area contributed by atoms with Crippen LogP contribution in [0.15, 0.2) is 48.5 Å². The highest BCUT2D eigenvalue weighted by molar-refractivity contribution is 5.28. The summed E-state index contributed by atoms with van der Waals surface area (Å²) in [6, 6.07) is 16.8. The maximum Gasteiger partial charge on any atom is 0.0751 e. The molecule has 0 fully saturated rings. The molecule has 2 heteroatoms. The minimum Gasteiger partial charge on any atom is -0.305 e. The Morgan fingerprint density at radius 1 is 1.06 bits per heavy atom. The van der Waals surface area contributed by atoms with Crippen LogP contribution in [0, 0.1) is 6.92 Å². The van der Waals surface area contributed by atoms with E-state index in [0.717, 1.165) is 17.9 Å². The van der Waals surface area contributed by atoms with Gasteiger partial charge < -0.3 is 5.32 Å². The lowest BCUT2D eigenvalue weighted by Crippen LogP contribution is -2.23. The second kappa shape index (κ2) is 5.60. The van der Waals surface area contributed by atoms with E-state index in [4.69, 9.17) is 0 Å². The van der Waals surface area contributed by atoms with Gasteiger partial charge in [0.1, 0.15) is 0 Å². The van der Waals surface area contributed by atoms with Crippen molar-refractivity contribution in [1.82, 2.24) is 10.3 Å². The molecule has 0 bridgehead atoms. The van der Waals surface area contributed by atoms with Gasteiger partial charge >= 0.3 is 0 Å². The smallest absolute Gasteiger partial charge is 0.0751 e. The van der Waals surface area contributed by atoms with Crippen LogP contribution in [0.5, 0.6) is 0 Å². The Bertz CT molecular complexity index is 465. The van der Waals surface area contributed by atoms with Crippen LogP contribution in [0.3, 0.4) is 0 Å². The van der Waals surface area contributed by atoms with Crippen molar-refractivity contribution in [2.75, 3.05) is 6.54 Å². The van der Waals surface area contributed by atoms with Crippen molar-refractivity contribution in [3.8, 4) is 0 Å². The van der Waals surface area contributed by atoms with Crippen molar-refractivity contribution in [1.29, 1.82) is 0 Å². The Morgan fingerprint density at radius 2 is 1.82 bits per heavy atom. The molecule has 1 aromatic carbocycles. The van der Waals surface area contributed by atoms with Gasteiger partial charge in [-0.05, 0) is 31.2 Å². The summed E-state index contributed by atoms with van der Waals surface area (Å²) >= 11 is 0. The zero-order chi connectivity index (χ0) is 12.1. The summed E-state index contributed by atoms with van der Waals surface area (Å²) in [5.41, 5.74) is 3.40. The summed E-state index contributed by atoms with van der Waals surface area (Å²) < 4.78 is 0. The van der Waals surface area contributed by atoms with E-state index in [0.29, 0.717) is 0 Å². The highest BCUT2D eigenvalue weighted by atomic mass is 14.9. The van der Waals surface area contributed by atoms with Gasteiger partial charge in [-0.2, -0.15) is 0 Å². The van der Waals surface area contributed by atoms with Crippen LogP contribution in [0.2, 0.25) is 0 Å². The summed E-state index contributed by atoms with van der Waals surface area (Å²) in [6.07, 6.45) is 0. The average molecular weight is 226 g/mol. The highest BCUT2D eigenvalue weighted by Gasteiger charge is 2.13. The van der Waals surface area contributed by atoms with E-state index < -0.39 is 0 Å². The zero-order valence-electron chi connectivity index (χ0n) is 10.4. The predicted molar refractivity (Wildman–Crippen MR) is 70.9 cm³/mol. The van der Waals surface area contributed by atoms with Gasteiger partial charge in [-0.1, -0.05) is 43.3 Å². The van der Waals surface area contributed by atoms with Gasteiger partial charge in [0.05, 0.1) is 11.7 Å². The highest BCUT2D eigenvalue weighted by Crippen LogP contribution is 2.20. The van der Waals surface area contributed by atoms with Crippen LogP contribution in [0.25, 0.3) is 0 Å². The maximum absolute atomic E-state index is 4.61. The number of hydrogen-bond donors (Lipinski definition) is 1. The Labute approximate surface area is 103 Å². The molecule has 1 aromatic heterocycles. The maximum atomic E-state index is 4.61. The van der Waals surface area contributed by atoms with Crippen LogP contribution in [0.4, 0.5) is 0 Å². The summed E-state index contributed by atoms with van der Waals surface area (Å²) in [4.78, 5) is 4.61. The lowest BCUT2D eigenvalue weighted by molar-refractivity contribution is 0.614. The molecule has 2 nitrogen and oxygen atoms in total. The van der Waals surface area contributed by atoms with Gasteiger partial charge in [0, 0.05) is 5.69 Å². The van der Waals surface area contributed by atoms with E-state index in [1.807, 2.05) is 19.1 Å². The number of rotatable bonds is 4. The van der Waals surface area contributed by atoms with Gasteiger partial charge in [-0.3, -0.25) is 4.98 Å². The van der Waals surface area contributed by atoms with E-state index in [1.54, 1.807) is 0 Å². The molecule has 0 aliphatic rings. The fourth-order valence-electron chi connectivity index (χ4n) is 1.97. The van der Waals surface area contributed by atoms with Crippen molar-refractivity contribution < 1.29 is 0 Å². The Kier molecular flexibility index (Phi) is 3.89. The third kappa shape index (κ3) is 2.92. The third-order valence-electron chi connectivity index (χ3n) is 2.75. The minimum absolute atomic E-state index is 0.182. The fraction of sp³-hybridized carbons (Fsp3) is 0.267. The summed E-state index contributed by atoms with van der Waals surface area (Å²) in [5.74, 6) is 0. The van der Waals surface area contributed by atoms with Gasteiger partial charge in [0.25, 0.3) is 0 Å². The van der Waals surface area contributed by atoms with Gasteiger partial charge in [-0.25, -0.2) is 0 Å². The van der Waals surface area contributed by atoms with Crippen molar-refractivity contribution in [2.45, 2.75) is 19.9 Å². The van der Waals surface area contributed by atoms with Crippen molar-refractivity contribution in [3.05, 3.63) is 65.5 Å². The number of hydrogen-bond acceptors (Lipinski definition) is 2. The predicted octanol–water partition coefficient (Wildman–Crippen LogP) is 3.09. The number of aryl methyl sites for hydroxylation is 1. The molecule has 1 N–H and O–H groups in total. The van der Waals surface area contributed by atoms with Gasteiger partial charge in [0.2, 0.25) is 0 Å². The van der Waals surface area contributed by atoms with E-state index in [1.165, 1.54) is 5.56 Å². The number of benzene rings is 1. The topological polar surface area (TPSA) is 24.9 Å². The first-order valence-corrected chi connectivity index (χ1v) is 6.03. The van der Waals surface area contributed by atoms with Crippen LogP contribution in [-0.4, -0.2) is 11.5 Å². The molecule has 0 saturated carbocycles. The second-order valence-electron chi connectivity index (χ2n) is 4.11. The quantitative estimate of drug-likeness (QED) is 0.866. The molecule has 1 atom stereocenters. The molecule has 0 amide bonds. The Morgan fingerprint density at radius 3 is 2.47 bits per heavy atom. The van der Waals surface area contributed by atoms with Crippen LogP contribution >= 0.6 is 0 Å². The van der Waals surface area contributed by atoms with Crippen molar-refractivity contribution in [3.63, 3.8) is 0 Å². The average Bonchev–Trinajstić information content (AvgIpc) is 2.37. The van der Waals surface area contributed by atoms with E-state index in [-0.39, 0.29) is 6.04 Å². The molecule has 1 unspecified atom stereocenters. The standard InChI is InChI=1S/C15H18N2/c1-3-16-15(13-9-5-4-6-10-13)14-11-7-8-12(2)17-14/h4-11,15-16H,3H2,1-2H3. The number of nitrogens with zero attached hydrogens (tertiary/aromatic N) is 1. The van der Waals surface area contributed by atoms with Crippen LogP contribution in [0.1, 0.15) is 29.9 Å². The fourth-order valence-corrected chi connectivity index (χ4v) is 1.97. The molecule has 0 radical (unpaired) electrons. The van der Waals surface area contributed by atoms with Crippen molar-refractivity contribution in [2.24, 2.45) is 0 Å². The van der Waals surface area contributed by atoms with Crippen LogP contribution < -0.4 is 5.32 Å². The SMILES string of the molecule is CCNC(c1ccccc1)c1cccc(C)n1. The first-order chi connectivity index (χ1) is 8.31. The van der Waals surface area contributed by atoms with Crippen molar-refractivity contribution >= 4 is 0 Å². The number of nitrogens with one attached hydrogen (secondary N) is 1. The Hall–Kier alpha value is -1.67. The molecule has 1 heterocycles. The lowest BCUT2D eigenvalue weighted by Gasteiger charge is -2.18. The molecule has 2 aromatic rings. The Balaban J connectivity index is 2.35. The molecular formula is C15H18N2. The molecular weight excluding hydrogens is 208 g/mol. The van der Waals surface area contributed by atoms with Gasteiger partial charge in [0.15, 0.2) is 0 Å². The largest absolute Gasteiger partial charge is 0.305 e. The van der Waals surface area contributed by atoms with Gasteiger partial charge in [-0.15, -0.1) is 0 Å². The molecule has 0 saturated heterocycles. The zero-order valence-corrected chi connectivity index (χ0v) is 10.4. The molecule has 0 aliphatic heterocycles. The van der Waals surface area contributed by atoms with E-state index >= 15 is 0 Å². The molecule has 2 rings (SSSR count). The lowest BCUT2D eigenvalue weighted by atomic mass is 10.0. The normalized spacial score (nSPS) is 12.4. The summed E-state index contributed by atoms with van der Waals surface area (Å²) in [6.45, 7) is 5.07. The van der Waals surface area contributed by atoms with Crippen LogP contribution in [-0.2, 0) is 0 Å². The van der Waals surface area contributed by atoms with E-state index in [9.17, 15) is 0 Å². The summed E-state index contributed by atoms with van der Waals surface area (Å²) in [7, 11) is 0. The third-order valence-corrected chi connectivity index (χ3v) is 2.75. The monoisotopic (exact) mass is 226 g/mol. The second-order valence-corrected chi connectivity index (χ2v) is 4.11. The first-order valence-electron chi connectivity index (χ1n) is 6.03. The molecule has 0 aliphatic carbocycles. The number of pyridine rings is 1. The molecule has 17 heavy (non-hydrogen) atoms. The molecule has 0 spiro atoms. The first kappa shape index (κ1) is 11.8. The minimum atomic E-state index is 0.182.